The average molecular weight is 311 g/mol. The van der Waals surface area contributed by atoms with E-state index in [9.17, 15) is 4.79 Å². The molecule has 1 aromatic rings. The topological polar surface area (TPSA) is 17.1 Å². The minimum Gasteiger partial charge on any atom is -0.300 e. The lowest BCUT2D eigenvalue weighted by Crippen LogP contribution is -2.08. The molecule has 0 aliphatic rings. The lowest BCUT2D eigenvalue weighted by atomic mass is 9.93. The molecule has 0 fully saturated rings. The summed E-state index contributed by atoms with van der Waals surface area (Å²) in [5.74, 6) is 0.812. The maximum atomic E-state index is 11.6. The van der Waals surface area contributed by atoms with Gasteiger partial charge in [0.2, 0.25) is 0 Å². The number of Topliss-reactive ketones (excluding diaryl/α,β-unsaturated/α-hetero) is 1. The van der Waals surface area contributed by atoms with Crippen LogP contribution in [0.15, 0.2) is 16.6 Å². The van der Waals surface area contributed by atoms with Crippen molar-refractivity contribution in [2.45, 2.75) is 53.4 Å². The van der Waals surface area contributed by atoms with Crippen LogP contribution in [0, 0.1) is 19.8 Å². The summed E-state index contributed by atoms with van der Waals surface area (Å²) in [5.41, 5.74) is 3.94. The maximum Gasteiger partial charge on any atom is 0.133 e. The number of ketones is 1. The van der Waals surface area contributed by atoms with Crippen molar-refractivity contribution in [3.63, 3.8) is 0 Å². The third-order valence-electron chi connectivity index (χ3n) is 3.34. The molecule has 1 unspecified atom stereocenters. The van der Waals surface area contributed by atoms with E-state index in [0.29, 0.717) is 18.1 Å². The second-order valence-corrected chi connectivity index (χ2v) is 6.18. The van der Waals surface area contributed by atoms with Crippen LogP contribution >= 0.6 is 15.9 Å². The molecule has 1 nitrogen and oxygen atoms in total. The van der Waals surface area contributed by atoms with Crippen LogP contribution in [0.3, 0.4) is 0 Å². The highest BCUT2D eigenvalue weighted by Gasteiger charge is 2.12. The highest BCUT2D eigenvalue weighted by atomic mass is 79.9. The molecule has 0 bridgehead atoms. The molecule has 0 saturated carbocycles. The van der Waals surface area contributed by atoms with E-state index in [1.807, 2.05) is 0 Å². The Labute approximate surface area is 119 Å². The van der Waals surface area contributed by atoms with Gasteiger partial charge < -0.3 is 0 Å². The fourth-order valence-electron chi connectivity index (χ4n) is 2.21. The molecule has 0 heterocycles. The van der Waals surface area contributed by atoms with E-state index in [-0.39, 0.29) is 0 Å². The first-order valence-corrected chi connectivity index (χ1v) is 7.50. The minimum atomic E-state index is 0.393. The zero-order valence-corrected chi connectivity index (χ0v) is 13.4. The first-order valence-electron chi connectivity index (χ1n) is 6.71. The maximum absolute atomic E-state index is 11.6. The lowest BCUT2D eigenvalue weighted by Gasteiger charge is -2.13. The standard InChI is InChI=1S/C16H23BrO/c1-5-6-15(18)8-11(2)7-14-9-12(3)13(4)10-16(14)17/h9-11H,5-8H2,1-4H3. The zero-order chi connectivity index (χ0) is 13.7. The number of rotatable bonds is 6. The van der Waals surface area contributed by atoms with Crippen molar-refractivity contribution in [1.29, 1.82) is 0 Å². The van der Waals surface area contributed by atoms with Gasteiger partial charge in [-0.25, -0.2) is 0 Å². The Morgan fingerprint density at radius 1 is 1.28 bits per heavy atom. The number of aryl methyl sites for hydroxylation is 2. The third kappa shape index (κ3) is 4.56. The molecular weight excluding hydrogens is 288 g/mol. The SMILES string of the molecule is CCCC(=O)CC(C)Cc1cc(C)c(C)cc1Br. The smallest absolute Gasteiger partial charge is 0.133 e. The molecule has 18 heavy (non-hydrogen) atoms. The first kappa shape index (κ1) is 15.4. The van der Waals surface area contributed by atoms with Crippen LogP contribution in [0.25, 0.3) is 0 Å². The van der Waals surface area contributed by atoms with Crippen LogP contribution in [-0.4, -0.2) is 5.78 Å². The predicted octanol–water partition coefficient (Wildman–Crippen LogP) is 5.00. The Bertz CT molecular complexity index is 423. The third-order valence-corrected chi connectivity index (χ3v) is 4.07. The van der Waals surface area contributed by atoms with Crippen LogP contribution in [0.4, 0.5) is 0 Å². The molecule has 0 radical (unpaired) electrons. The van der Waals surface area contributed by atoms with Crippen molar-refractivity contribution >= 4 is 21.7 Å². The molecule has 0 N–H and O–H groups in total. The van der Waals surface area contributed by atoms with Crippen LogP contribution in [-0.2, 0) is 11.2 Å². The van der Waals surface area contributed by atoms with Gasteiger partial charge in [-0.05, 0) is 55.4 Å². The number of hydrogen-bond donors (Lipinski definition) is 0. The normalized spacial score (nSPS) is 12.5. The van der Waals surface area contributed by atoms with Crippen LogP contribution in [0.1, 0.15) is 49.8 Å². The van der Waals surface area contributed by atoms with E-state index in [1.54, 1.807) is 0 Å². The highest BCUT2D eigenvalue weighted by molar-refractivity contribution is 9.10. The summed E-state index contributed by atoms with van der Waals surface area (Å²) < 4.78 is 1.17. The summed E-state index contributed by atoms with van der Waals surface area (Å²) in [5, 5.41) is 0. The van der Waals surface area contributed by atoms with Gasteiger partial charge in [0.15, 0.2) is 0 Å². The zero-order valence-electron chi connectivity index (χ0n) is 11.8. The Morgan fingerprint density at radius 3 is 2.50 bits per heavy atom. The van der Waals surface area contributed by atoms with Crippen molar-refractivity contribution in [2.24, 2.45) is 5.92 Å². The van der Waals surface area contributed by atoms with Gasteiger partial charge in [-0.15, -0.1) is 0 Å². The van der Waals surface area contributed by atoms with Crippen molar-refractivity contribution in [3.8, 4) is 0 Å². The monoisotopic (exact) mass is 310 g/mol. The summed E-state index contributed by atoms with van der Waals surface area (Å²) in [6.07, 6.45) is 3.35. The number of carbonyl (C=O) groups is 1. The quantitative estimate of drug-likeness (QED) is 0.722. The summed E-state index contributed by atoms with van der Waals surface area (Å²) in [4.78, 5) is 11.6. The molecular formula is C16H23BrO. The molecule has 0 amide bonds. The van der Waals surface area contributed by atoms with E-state index in [0.717, 1.165) is 19.3 Å². The number of halogens is 1. The summed E-state index contributed by atoms with van der Waals surface area (Å²) in [6, 6.07) is 4.41. The molecule has 100 valence electrons. The molecule has 0 saturated heterocycles. The van der Waals surface area contributed by atoms with Crippen molar-refractivity contribution in [1.82, 2.24) is 0 Å². The fraction of sp³-hybridized carbons (Fsp3) is 0.562. The Kier molecular flexibility index (Phi) is 6.07. The molecule has 0 aromatic heterocycles. The van der Waals surface area contributed by atoms with Crippen LogP contribution in [0.5, 0.6) is 0 Å². The van der Waals surface area contributed by atoms with Crippen molar-refractivity contribution < 1.29 is 4.79 Å². The summed E-state index contributed by atoms with van der Waals surface area (Å²) in [7, 11) is 0. The highest BCUT2D eigenvalue weighted by Crippen LogP contribution is 2.25. The van der Waals surface area contributed by atoms with Crippen LogP contribution < -0.4 is 0 Å². The van der Waals surface area contributed by atoms with Gasteiger partial charge in [0.05, 0.1) is 0 Å². The predicted molar refractivity (Wildman–Crippen MR) is 81.0 cm³/mol. The fourth-order valence-corrected chi connectivity index (χ4v) is 2.83. The number of hydrogen-bond acceptors (Lipinski definition) is 1. The number of benzene rings is 1. The van der Waals surface area contributed by atoms with E-state index in [4.69, 9.17) is 0 Å². The minimum absolute atomic E-state index is 0.393. The Hall–Kier alpha value is -0.630. The van der Waals surface area contributed by atoms with Crippen LogP contribution in [0.2, 0.25) is 0 Å². The van der Waals surface area contributed by atoms with Gasteiger partial charge in [0, 0.05) is 17.3 Å². The van der Waals surface area contributed by atoms with Crippen molar-refractivity contribution in [3.05, 3.63) is 33.3 Å². The van der Waals surface area contributed by atoms with Gasteiger partial charge in [-0.2, -0.15) is 0 Å². The summed E-state index contributed by atoms with van der Waals surface area (Å²) >= 11 is 3.62. The average Bonchev–Trinajstić information content (AvgIpc) is 2.26. The second-order valence-electron chi connectivity index (χ2n) is 5.33. The van der Waals surface area contributed by atoms with E-state index < -0.39 is 0 Å². The van der Waals surface area contributed by atoms with Gasteiger partial charge in [-0.3, -0.25) is 4.79 Å². The molecule has 0 aliphatic carbocycles. The molecule has 0 spiro atoms. The van der Waals surface area contributed by atoms with E-state index >= 15 is 0 Å². The van der Waals surface area contributed by atoms with Gasteiger partial charge in [-0.1, -0.05) is 35.8 Å². The van der Waals surface area contributed by atoms with Gasteiger partial charge in [0.1, 0.15) is 5.78 Å². The second kappa shape index (κ2) is 7.08. The van der Waals surface area contributed by atoms with Crippen molar-refractivity contribution in [2.75, 3.05) is 0 Å². The van der Waals surface area contributed by atoms with Gasteiger partial charge >= 0.3 is 0 Å². The molecule has 1 aromatic carbocycles. The first-order chi connectivity index (χ1) is 8.43. The molecule has 2 heteroatoms. The lowest BCUT2D eigenvalue weighted by molar-refractivity contribution is -0.119. The molecule has 0 aliphatic heterocycles. The number of carbonyl (C=O) groups excluding carboxylic acids is 1. The molecule has 1 rings (SSSR count). The van der Waals surface area contributed by atoms with Gasteiger partial charge in [0.25, 0.3) is 0 Å². The summed E-state index contributed by atoms with van der Waals surface area (Å²) in [6.45, 7) is 8.48. The Balaban J connectivity index is 2.67. The van der Waals surface area contributed by atoms with E-state index in [1.165, 1.54) is 21.2 Å². The van der Waals surface area contributed by atoms with E-state index in [2.05, 4.69) is 55.8 Å². The Morgan fingerprint density at radius 2 is 1.89 bits per heavy atom. The molecule has 1 atom stereocenters. The largest absolute Gasteiger partial charge is 0.300 e.